The van der Waals surface area contributed by atoms with Crippen LogP contribution in [0.4, 0.5) is 5.69 Å². The molecular weight excluding hydrogens is 216 g/mol. The van der Waals surface area contributed by atoms with E-state index >= 15 is 0 Å². The minimum absolute atomic E-state index is 0.253. The summed E-state index contributed by atoms with van der Waals surface area (Å²) >= 11 is 0. The number of hydrogen-bond acceptors (Lipinski definition) is 4. The quantitative estimate of drug-likeness (QED) is 0.839. The molecule has 94 valence electrons. The molecule has 0 heterocycles. The van der Waals surface area contributed by atoms with Gasteiger partial charge in [0.25, 0.3) is 0 Å². The van der Waals surface area contributed by atoms with Crippen molar-refractivity contribution in [1.29, 1.82) is 0 Å². The molecule has 4 nitrogen and oxygen atoms in total. The SMILES string of the molecule is COc1ccc(NC2CCCC2N)cc1OC. The molecule has 3 N–H and O–H groups in total. The van der Waals surface area contributed by atoms with Crippen molar-refractivity contribution >= 4 is 5.69 Å². The molecule has 0 saturated heterocycles. The van der Waals surface area contributed by atoms with Crippen molar-refractivity contribution in [3.63, 3.8) is 0 Å². The Morgan fingerprint density at radius 2 is 1.94 bits per heavy atom. The fraction of sp³-hybridized carbons (Fsp3) is 0.538. The first-order chi connectivity index (χ1) is 8.24. The van der Waals surface area contributed by atoms with Gasteiger partial charge in [0.1, 0.15) is 0 Å². The van der Waals surface area contributed by atoms with Crippen molar-refractivity contribution in [2.75, 3.05) is 19.5 Å². The summed E-state index contributed by atoms with van der Waals surface area (Å²) in [7, 11) is 3.28. The van der Waals surface area contributed by atoms with Crippen molar-refractivity contribution in [3.8, 4) is 11.5 Å². The van der Waals surface area contributed by atoms with Gasteiger partial charge in [-0.3, -0.25) is 0 Å². The first kappa shape index (κ1) is 12.0. The molecule has 17 heavy (non-hydrogen) atoms. The van der Waals surface area contributed by atoms with Crippen LogP contribution in [0.25, 0.3) is 0 Å². The standard InChI is InChI=1S/C13H20N2O2/c1-16-12-7-6-9(8-13(12)17-2)15-11-5-3-4-10(11)14/h6-8,10-11,15H,3-5,14H2,1-2H3. The van der Waals surface area contributed by atoms with Gasteiger partial charge in [-0.25, -0.2) is 0 Å². The van der Waals surface area contributed by atoms with Crippen molar-refractivity contribution in [3.05, 3.63) is 18.2 Å². The van der Waals surface area contributed by atoms with E-state index in [1.807, 2.05) is 18.2 Å². The van der Waals surface area contributed by atoms with E-state index in [4.69, 9.17) is 15.2 Å². The van der Waals surface area contributed by atoms with Crippen molar-refractivity contribution < 1.29 is 9.47 Å². The lowest BCUT2D eigenvalue weighted by Gasteiger charge is -2.19. The smallest absolute Gasteiger partial charge is 0.162 e. The Morgan fingerprint density at radius 1 is 1.18 bits per heavy atom. The van der Waals surface area contributed by atoms with Gasteiger partial charge in [0.05, 0.1) is 14.2 Å². The van der Waals surface area contributed by atoms with Gasteiger partial charge >= 0.3 is 0 Å². The van der Waals surface area contributed by atoms with Crippen LogP contribution in [0.3, 0.4) is 0 Å². The molecule has 1 saturated carbocycles. The van der Waals surface area contributed by atoms with Gasteiger partial charge in [-0.2, -0.15) is 0 Å². The third kappa shape index (κ3) is 2.64. The summed E-state index contributed by atoms with van der Waals surface area (Å²) in [4.78, 5) is 0. The third-order valence-electron chi connectivity index (χ3n) is 3.31. The molecule has 0 radical (unpaired) electrons. The second kappa shape index (κ2) is 5.27. The van der Waals surface area contributed by atoms with E-state index in [0.29, 0.717) is 6.04 Å². The van der Waals surface area contributed by atoms with Gasteiger partial charge in [0.2, 0.25) is 0 Å². The molecule has 1 fully saturated rings. The highest BCUT2D eigenvalue weighted by atomic mass is 16.5. The number of benzene rings is 1. The van der Waals surface area contributed by atoms with Gasteiger partial charge < -0.3 is 20.5 Å². The first-order valence-electron chi connectivity index (χ1n) is 5.98. The maximum Gasteiger partial charge on any atom is 0.162 e. The zero-order valence-corrected chi connectivity index (χ0v) is 10.4. The fourth-order valence-electron chi connectivity index (χ4n) is 2.31. The predicted octanol–water partition coefficient (Wildman–Crippen LogP) is 2.00. The van der Waals surface area contributed by atoms with Crippen molar-refractivity contribution in [2.24, 2.45) is 5.73 Å². The van der Waals surface area contributed by atoms with Crippen LogP contribution in [0, 0.1) is 0 Å². The van der Waals surface area contributed by atoms with Gasteiger partial charge in [-0.1, -0.05) is 0 Å². The molecule has 0 aliphatic heterocycles. The van der Waals surface area contributed by atoms with Crippen LogP contribution >= 0.6 is 0 Å². The van der Waals surface area contributed by atoms with Gasteiger partial charge in [0, 0.05) is 23.8 Å². The maximum atomic E-state index is 6.04. The number of nitrogens with one attached hydrogen (secondary N) is 1. The number of rotatable bonds is 4. The number of ether oxygens (including phenoxy) is 2. The highest BCUT2D eigenvalue weighted by molar-refractivity contribution is 5.55. The lowest BCUT2D eigenvalue weighted by Crippen LogP contribution is -2.35. The molecule has 0 amide bonds. The van der Waals surface area contributed by atoms with Crippen LogP contribution in [0.2, 0.25) is 0 Å². The second-order valence-electron chi connectivity index (χ2n) is 4.42. The summed E-state index contributed by atoms with van der Waals surface area (Å²) < 4.78 is 10.5. The lowest BCUT2D eigenvalue weighted by atomic mass is 10.1. The summed E-state index contributed by atoms with van der Waals surface area (Å²) in [5, 5.41) is 3.46. The van der Waals surface area contributed by atoms with Crippen LogP contribution in [-0.2, 0) is 0 Å². The minimum Gasteiger partial charge on any atom is -0.493 e. The van der Waals surface area contributed by atoms with E-state index in [-0.39, 0.29) is 6.04 Å². The Labute approximate surface area is 102 Å². The summed E-state index contributed by atoms with van der Waals surface area (Å²) in [6.45, 7) is 0. The molecule has 0 spiro atoms. The Kier molecular flexibility index (Phi) is 3.74. The van der Waals surface area contributed by atoms with Crippen molar-refractivity contribution in [1.82, 2.24) is 0 Å². The van der Waals surface area contributed by atoms with E-state index in [1.54, 1.807) is 14.2 Å². The molecule has 2 unspecified atom stereocenters. The number of nitrogens with two attached hydrogens (primary N) is 1. The second-order valence-corrected chi connectivity index (χ2v) is 4.42. The minimum atomic E-state index is 0.253. The van der Waals surface area contributed by atoms with Crippen molar-refractivity contribution in [2.45, 2.75) is 31.3 Å². The molecule has 4 heteroatoms. The largest absolute Gasteiger partial charge is 0.493 e. The van der Waals surface area contributed by atoms with Crippen LogP contribution in [-0.4, -0.2) is 26.3 Å². The zero-order chi connectivity index (χ0) is 12.3. The molecule has 2 rings (SSSR count). The topological polar surface area (TPSA) is 56.5 Å². The Bertz CT molecular complexity index is 382. The van der Waals surface area contributed by atoms with Crippen LogP contribution < -0.4 is 20.5 Å². The van der Waals surface area contributed by atoms with E-state index < -0.39 is 0 Å². The maximum absolute atomic E-state index is 6.04. The van der Waals surface area contributed by atoms with E-state index in [9.17, 15) is 0 Å². The zero-order valence-electron chi connectivity index (χ0n) is 10.4. The van der Waals surface area contributed by atoms with E-state index in [1.165, 1.54) is 6.42 Å². The predicted molar refractivity (Wildman–Crippen MR) is 68.8 cm³/mol. The fourth-order valence-corrected chi connectivity index (χ4v) is 2.31. The highest BCUT2D eigenvalue weighted by Crippen LogP contribution is 2.31. The van der Waals surface area contributed by atoms with Gasteiger partial charge in [-0.05, 0) is 31.4 Å². The Morgan fingerprint density at radius 3 is 2.53 bits per heavy atom. The lowest BCUT2D eigenvalue weighted by molar-refractivity contribution is 0.355. The molecule has 2 atom stereocenters. The Balaban J connectivity index is 2.10. The van der Waals surface area contributed by atoms with Gasteiger partial charge in [0.15, 0.2) is 11.5 Å². The van der Waals surface area contributed by atoms with E-state index in [0.717, 1.165) is 30.0 Å². The number of anilines is 1. The number of hydrogen-bond donors (Lipinski definition) is 2. The van der Waals surface area contributed by atoms with E-state index in [2.05, 4.69) is 5.32 Å². The van der Waals surface area contributed by atoms with Crippen LogP contribution in [0.1, 0.15) is 19.3 Å². The highest BCUT2D eigenvalue weighted by Gasteiger charge is 2.23. The normalized spacial score (nSPS) is 23.5. The first-order valence-corrected chi connectivity index (χ1v) is 5.98. The average molecular weight is 236 g/mol. The summed E-state index contributed by atoms with van der Waals surface area (Å²) in [5.74, 6) is 1.48. The molecule has 1 aromatic carbocycles. The van der Waals surface area contributed by atoms with Crippen LogP contribution in [0.15, 0.2) is 18.2 Å². The summed E-state index contributed by atoms with van der Waals surface area (Å²) in [5.41, 5.74) is 7.07. The molecule has 1 aromatic rings. The average Bonchev–Trinajstić information content (AvgIpc) is 2.75. The molecule has 1 aliphatic rings. The molecular formula is C13H20N2O2. The number of methoxy groups -OCH3 is 2. The summed E-state index contributed by atoms with van der Waals surface area (Å²) in [6, 6.07) is 6.47. The molecule has 0 aromatic heterocycles. The monoisotopic (exact) mass is 236 g/mol. The molecule has 1 aliphatic carbocycles. The Hall–Kier alpha value is -1.42. The summed E-state index contributed by atoms with van der Waals surface area (Å²) in [6.07, 6.45) is 3.44. The van der Waals surface area contributed by atoms with Gasteiger partial charge in [-0.15, -0.1) is 0 Å². The third-order valence-corrected chi connectivity index (χ3v) is 3.31. The molecule has 0 bridgehead atoms. The van der Waals surface area contributed by atoms with Crippen LogP contribution in [0.5, 0.6) is 11.5 Å².